The highest BCUT2D eigenvalue weighted by Gasteiger charge is 2.06. The average Bonchev–Trinajstić information content (AvgIpc) is 2.82. The van der Waals surface area contributed by atoms with Crippen molar-refractivity contribution in [2.75, 3.05) is 13.2 Å². The molecular weight excluding hydrogens is 294 g/mol. The number of aliphatic hydroxyl groups excluding tert-OH is 1. The maximum absolute atomic E-state index is 9.86. The molecule has 1 aromatic carbocycles. The van der Waals surface area contributed by atoms with Crippen LogP contribution in [0.2, 0.25) is 5.02 Å². The Kier molecular flexibility index (Phi) is 5.86. The van der Waals surface area contributed by atoms with E-state index in [2.05, 4.69) is 23.0 Å². The summed E-state index contributed by atoms with van der Waals surface area (Å²) in [7, 11) is 0. The van der Waals surface area contributed by atoms with Crippen LogP contribution >= 0.6 is 22.9 Å². The van der Waals surface area contributed by atoms with Crippen molar-refractivity contribution in [3.63, 3.8) is 0 Å². The normalized spacial score (nSPS) is 12.3. The van der Waals surface area contributed by atoms with E-state index in [0.717, 1.165) is 6.54 Å². The summed E-state index contributed by atoms with van der Waals surface area (Å²) in [4.78, 5) is 0. The topological polar surface area (TPSA) is 41.5 Å². The van der Waals surface area contributed by atoms with E-state index >= 15 is 0 Å². The first-order valence-electron chi connectivity index (χ1n) is 6.44. The van der Waals surface area contributed by atoms with Crippen LogP contribution in [0.5, 0.6) is 5.75 Å². The molecule has 5 heteroatoms. The minimum Gasteiger partial charge on any atom is -0.491 e. The van der Waals surface area contributed by atoms with Gasteiger partial charge >= 0.3 is 0 Å². The van der Waals surface area contributed by atoms with Crippen molar-refractivity contribution in [3.8, 4) is 5.75 Å². The van der Waals surface area contributed by atoms with Gasteiger partial charge in [0.05, 0.1) is 0 Å². The van der Waals surface area contributed by atoms with Crippen molar-refractivity contribution in [1.82, 2.24) is 5.32 Å². The molecule has 0 amide bonds. The molecular formula is C15H18ClNO2S. The van der Waals surface area contributed by atoms with Crippen LogP contribution in [0.1, 0.15) is 11.1 Å². The molecule has 2 N–H and O–H groups in total. The van der Waals surface area contributed by atoms with E-state index in [1.54, 1.807) is 23.5 Å². The fourth-order valence-corrected chi connectivity index (χ4v) is 2.79. The smallest absolute Gasteiger partial charge is 0.120 e. The predicted molar refractivity (Wildman–Crippen MR) is 83.7 cm³/mol. The van der Waals surface area contributed by atoms with E-state index in [-0.39, 0.29) is 6.61 Å². The first-order valence-corrected chi connectivity index (χ1v) is 7.76. The van der Waals surface area contributed by atoms with Crippen LogP contribution in [0.15, 0.2) is 35.0 Å². The average molecular weight is 312 g/mol. The number of benzene rings is 1. The van der Waals surface area contributed by atoms with Gasteiger partial charge in [-0.2, -0.15) is 11.3 Å². The molecule has 20 heavy (non-hydrogen) atoms. The molecule has 108 valence electrons. The minimum atomic E-state index is -0.548. The molecule has 1 heterocycles. The van der Waals surface area contributed by atoms with Crippen molar-refractivity contribution in [3.05, 3.63) is 51.2 Å². The van der Waals surface area contributed by atoms with Gasteiger partial charge in [0.25, 0.3) is 0 Å². The highest BCUT2D eigenvalue weighted by Crippen LogP contribution is 2.17. The zero-order chi connectivity index (χ0) is 14.4. The van der Waals surface area contributed by atoms with Crippen LogP contribution in [0.4, 0.5) is 0 Å². The lowest BCUT2D eigenvalue weighted by Gasteiger charge is -2.13. The molecule has 0 bridgehead atoms. The van der Waals surface area contributed by atoms with Gasteiger partial charge in [-0.05, 0) is 47.0 Å². The van der Waals surface area contributed by atoms with Crippen LogP contribution in [0.3, 0.4) is 0 Å². The maximum Gasteiger partial charge on any atom is 0.120 e. The summed E-state index contributed by atoms with van der Waals surface area (Å²) in [6, 6.07) is 7.16. The van der Waals surface area contributed by atoms with Crippen LogP contribution in [0, 0.1) is 6.92 Å². The fourth-order valence-electron chi connectivity index (χ4n) is 1.75. The zero-order valence-corrected chi connectivity index (χ0v) is 12.9. The minimum absolute atomic E-state index is 0.246. The largest absolute Gasteiger partial charge is 0.491 e. The lowest BCUT2D eigenvalue weighted by molar-refractivity contribution is 0.106. The molecule has 3 nitrogen and oxygen atoms in total. The third-order valence-electron chi connectivity index (χ3n) is 2.90. The Morgan fingerprint density at radius 1 is 1.40 bits per heavy atom. The van der Waals surface area contributed by atoms with Crippen LogP contribution < -0.4 is 10.1 Å². The second-order valence-electron chi connectivity index (χ2n) is 4.63. The molecule has 1 aromatic heterocycles. The standard InChI is InChI=1S/C15H18ClNO2S/c1-11-9-20-10-12(11)6-17-7-14(18)8-19-15-4-2-3-13(16)5-15/h2-5,9-10,14,17-18H,6-8H2,1H3. The van der Waals surface area contributed by atoms with Gasteiger partial charge in [-0.25, -0.2) is 0 Å². The molecule has 0 aliphatic rings. The van der Waals surface area contributed by atoms with E-state index < -0.39 is 6.10 Å². The number of nitrogens with one attached hydrogen (secondary N) is 1. The molecule has 0 aliphatic carbocycles. The monoisotopic (exact) mass is 311 g/mol. The third kappa shape index (κ3) is 4.80. The number of hydrogen-bond donors (Lipinski definition) is 2. The quantitative estimate of drug-likeness (QED) is 0.825. The second-order valence-corrected chi connectivity index (χ2v) is 5.81. The summed E-state index contributed by atoms with van der Waals surface area (Å²) in [6.07, 6.45) is -0.548. The summed E-state index contributed by atoms with van der Waals surface area (Å²) in [5, 5.41) is 18.0. The van der Waals surface area contributed by atoms with Crippen LogP contribution in [0.25, 0.3) is 0 Å². The van der Waals surface area contributed by atoms with Crippen molar-refractivity contribution in [2.24, 2.45) is 0 Å². The molecule has 0 aliphatic heterocycles. The molecule has 0 spiro atoms. The van der Waals surface area contributed by atoms with Gasteiger partial charge < -0.3 is 15.2 Å². The highest BCUT2D eigenvalue weighted by molar-refractivity contribution is 7.08. The van der Waals surface area contributed by atoms with Crippen molar-refractivity contribution >= 4 is 22.9 Å². The van der Waals surface area contributed by atoms with E-state index in [1.165, 1.54) is 11.1 Å². The molecule has 0 fully saturated rings. The predicted octanol–water partition coefficient (Wildman–Crippen LogP) is 3.24. The fraction of sp³-hybridized carbons (Fsp3) is 0.333. The van der Waals surface area contributed by atoms with E-state index in [1.807, 2.05) is 12.1 Å². The first kappa shape index (κ1) is 15.3. The number of ether oxygens (including phenoxy) is 1. The van der Waals surface area contributed by atoms with Gasteiger partial charge in [-0.1, -0.05) is 17.7 Å². The Labute approximate surface area is 128 Å². The number of aryl methyl sites for hydroxylation is 1. The van der Waals surface area contributed by atoms with Gasteiger partial charge in [0.15, 0.2) is 0 Å². The van der Waals surface area contributed by atoms with Gasteiger partial charge in [-0.15, -0.1) is 0 Å². The maximum atomic E-state index is 9.86. The summed E-state index contributed by atoms with van der Waals surface area (Å²) < 4.78 is 5.49. The Balaban J connectivity index is 1.68. The summed E-state index contributed by atoms with van der Waals surface area (Å²) >= 11 is 7.56. The molecule has 0 saturated heterocycles. The van der Waals surface area contributed by atoms with Gasteiger partial charge in [0.1, 0.15) is 18.5 Å². The van der Waals surface area contributed by atoms with Crippen LogP contribution in [-0.2, 0) is 6.54 Å². The van der Waals surface area contributed by atoms with Crippen molar-refractivity contribution in [2.45, 2.75) is 19.6 Å². The lowest BCUT2D eigenvalue weighted by Crippen LogP contribution is -2.31. The van der Waals surface area contributed by atoms with Crippen LogP contribution in [-0.4, -0.2) is 24.4 Å². The summed E-state index contributed by atoms with van der Waals surface area (Å²) in [5.41, 5.74) is 2.56. The van der Waals surface area contributed by atoms with Crippen molar-refractivity contribution in [1.29, 1.82) is 0 Å². The number of halogens is 1. The molecule has 2 rings (SSSR count). The van der Waals surface area contributed by atoms with Gasteiger partial charge in [0.2, 0.25) is 0 Å². The van der Waals surface area contributed by atoms with E-state index in [9.17, 15) is 5.11 Å². The molecule has 0 saturated carbocycles. The molecule has 0 radical (unpaired) electrons. The van der Waals surface area contributed by atoms with E-state index in [4.69, 9.17) is 16.3 Å². The Hall–Kier alpha value is -1.07. The highest BCUT2D eigenvalue weighted by atomic mass is 35.5. The van der Waals surface area contributed by atoms with E-state index in [0.29, 0.717) is 17.3 Å². The Morgan fingerprint density at radius 3 is 2.95 bits per heavy atom. The number of rotatable bonds is 7. The number of aliphatic hydroxyl groups is 1. The lowest BCUT2D eigenvalue weighted by atomic mass is 10.2. The SMILES string of the molecule is Cc1cscc1CNCC(O)COc1cccc(Cl)c1. The summed E-state index contributed by atoms with van der Waals surface area (Å²) in [5.74, 6) is 0.672. The second kappa shape index (κ2) is 7.64. The first-order chi connectivity index (χ1) is 9.65. The summed E-state index contributed by atoms with van der Waals surface area (Å²) in [6.45, 7) is 3.60. The zero-order valence-electron chi connectivity index (χ0n) is 11.3. The Bertz CT molecular complexity index is 544. The third-order valence-corrected chi connectivity index (χ3v) is 4.04. The number of thiophene rings is 1. The Morgan fingerprint density at radius 2 is 2.25 bits per heavy atom. The number of hydrogen-bond acceptors (Lipinski definition) is 4. The molecule has 1 atom stereocenters. The van der Waals surface area contributed by atoms with Crippen molar-refractivity contribution < 1.29 is 9.84 Å². The van der Waals surface area contributed by atoms with Gasteiger partial charge in [-0.3, -0.25) is 0 Å². The molecule has 1 unspecified atom stereocenters. The van der Waals surface area contributed by atoms with Gasteiger partial charge in [0, 0.05) is 18.1 Å². The molecule has 2 aromatic rings.